The van der Waals surface area contributed by atoms with E-state index in [1.807, 2.05) is 30.3 Å². The number of hydrogen-bond acceptors (Lipinski definition) is 6. The Morgan fingerprint density at radius 2 is 2.11 bits per heavy atom. The number of amides is 1. The van der Waals surface area contributed by atoms with Crippen molar-refractivity contribution in [1.82, 2.24) is 9.97 Å². The van der Waals surface area contributed by atoms with Crippen LogP contribution in [0.5, 0.6) is 5.75 Å². The summed E-state index contributed by atoms with van der Waals surface area (Å²) in [4.78, 5) is 23.3. The van der Waals surface area contributed by atoms with Crippen molar-refractivity contribution < 1.29 is 9.53 Å². The summed E-state index contributed by atoms with van der Waals surface area (Å²) in [7, 11) is 1.63. The lowest BCUT2D eigenvalue weighted by Gasteiger charge is -2.33. The highest BCUT2D eigenvalue weighted by molar-refractivity contribution is 5.90. The summed E-state index contributed by atoms with van der Waals surface area (Å²) in [5, 5.41) is 6.19. The van der Waals surface area contributed by atoms with Gasteiger partial charge in [-0.1, -0.05) is 0 Å². The molecule has 0 bridgehead atoms. The molecule has 7 nitrogen and oxygen atoms in total. The Balaban J connectivity index is 1.49. The molecule has 2 aromatic rings. The minimum absolute atomic E-state index is 0.0544. The average Bonchev–Trinajstić information content (AvgIpc) is 2.73. The van der Waals surface area contributed by atoms with E-state index in [1.54, 1.807) is 13.4 Å². The molecule has 1 atom stereocenters. The van der Waals surface area contributed by atoms with E-state index in [4.69, 9.17) is 4.74 Å². The SMILES string of the molecule is CCNc1cc(N2CCC[C@@H](CCC(=O)Nc3ccc(OC)cc3)C2)ncn1. The fourth-order valence-corrected chi connectivity index (χ4v) is 3.54. The molecule has 0 spiro atoms. The summed E-state index contributed by atoms with van der Waals surface area (Å²) in [5.74, 6) is 3.14. The maximum Gasteiger partial charge on any atom is 0.224 e. The maximum atomic E-state index is 12.3. The first-order valence-corrected chi connectivity index (χ1v) is 9.92. The predicted molar refractivity (Wildman–Crippen MR) is 112 cm³/mol. The molecule has 150 valence electrons. The summed E-state index contributed by atoms with van der Waals surface area (Å²) >= 11 is 0. The second-order valence-corrected chi connectivity index (χ2v) is 7.06. The third-order valence-corrected chi connectivity index (χ3v) is 5.01. The summed E-state index contributed by atoms with van der Waals surface area (Å²) in [6, 6.07) is 9.41. The first kappa shape index (κ1) is 19.9. The molecule has 2 heterocycles. The number of ether oxygens (including phenoxy) is 1. The van der Waals surface area contributed by atoms with Crippen LogP contribution in [0.2, 0.25) is 0 Å². The fourth-order valence-electron chi connectivity index (χ4n) is 3.54. The van der Waals surface area contributed by atoms with Gasteiger partial charge < -0.3 is 20.3 Å². The summed E-state index contributed by atoms with van der Waals surface area (Å²) in [6.45, 7) is 4.81. The molecule has 28 heavy (non-hydrogen) atoms. The van der Waals surface area contributed by atoms with Gasteiger partial charge >= 0.3 is 0 Å². The normalized spacial score (nSPS) is 16.5. The van der Waals surface area contributed by atoms with Crippen molar-refractivity contribution in [2.45, 2.75) is 32.6 Å². The third-order valence-electron chi connectivity index (χ3n) is 5.01. The monoisotopic (exact) mass is 383 g/mol. The zero-order valence-corrected chi connectivity index (χ0v) is 16.6. The highest BCUT2D eigenvalue weighted by atomic mass is 16.5. The number of hydrogen-bond donors (Lipinski definition) is 2. The van der Waals surface area contributed by atoms with E-state index < -0.39 is 0 Å². The van der Waals surface area contributed by atoms with Crippen molar-refractivity contribution in [3.8, 4) is 5.75 Å². The standard InChI is InChI=1S/C21H29N5O2/c1-3-22-19-13-20(24-15-23-19)26-12-4-5-16(14-26)6-11-21(27)25-17-7-9-18(28-2)10-8-17/h7-10,13,15-16H,3-6,11-12,14H2,1-2H3,(H,25,27)(H,22,23,24)/t16-/m0/s1. The molecule has 0 unspecified atom stereocenters. The van der Waals surface area contributed by atoms with E-state index in [0.29, 0.717) is 12.3 Å². The Bertz CT molecular complexity index is 766. The van der Waals surface area contributed by atoms with Gasteiger partial charge in [0.25, 0.3) is 0 Å². The van der Waals surface area contributed by atoms with Crippen LogP contribution < -0.4 is 20.3 Å². The number of carbonyl (C=O) groups is 1. The predicted octanol–water partition coefficient (Wildman–Crippen LogP) is 3.55. The van der Waals surface area contributed by atoms with E-state index in [1.165, 1.54) is 0 Å². The first-order valence-electron chi connectivity index (χ1n) is 9.92. The van der Waals surface area contributed by atoms with Crippen molar-refractivity contribution in [3.63, 3.8) is 0 Å². The van der Waals surface area contributed by atoms with Gasteiger partial charge in [0.15, 0.2) is 0 Å². The van der Waals surface area contributed by atoms with Crippen LogP contribution in [0.15, 0.2) is 36.7 Å². The lowest BCUT2D eigenvalue weighted by molar-refractivity contribution is -0.116. The zero-order chi connectivity index (χ0) is 19.8. The van der Waals surface area contributed by atoms with Crippen LogP contribution in [0.3, 0.4) is 0 Å². The van der Waals surface area contributed by atoms with Crippen LogP contribution in [-0.2, 0) is 4.79 Å². The van der Waals surface area contributed by atoms with Crippen molar-refractivity contribution >= 4 is 23.2 Å². The van der Waals surface area contributed by atoms with Gasteiger partial charge in [-0.2, -0.15) is 0 Å². The number of nitrogens with one attached hydrogen (secondary N) is 2. The largest absolute Gasteiger partial charge is 0.497 e. The highest BCUT2D eigenvalue weighted by Crippen LogP contribution is 2.25. The molecule has 1 fully saturated rings. The van der Waals surface area contributed by atoms with Crippen molar-refractivity contribution in [3.05, 3.63) is 36.7 Å². The van der Waals surface area contributed by atoms with Crippen LogP contribution in [0.25, 0.3) is 0 Å². The Morgan fingerprint density at radius 3 is 2.86 bits per heavy atom. The molecule has 0 radical (unpaired) electrons. The van der Waals surface area contributed by atoms with Crippen molar-refractivity contribution in [2.75, 3.05) is 42.3 Å². The number of piperidine rings is 1. The molecular weight excluding hydrogens is 354 g/mol. The summed E-state index contributed by atoms with van der Waals surface area (Å²) in [5.41, 5.74) is 0.799. The second-order valence-electron chi connectivity index (χ2n) is 7.06. The van der Waals surface area contributed by atoms with Gasteiger partial charge in [-0.25, -0.2) is 9.97 Å². The Kier molecular flexibility index (Phi) is 7.06. The Hall–Kier alpha value is -2.83. The van der Waals surface area contributed by atoms with Gasteiger partial charge in [-0.05, 0) is 56.4 Å². The molecular formula is C21H29N5O2. The number of carbonyl (C=O) groups excluding carboxylic acids is 1. The van der Waals surface area contributed by atoms with Crippen molar-refractivity contribution in [1.29, 1.82) is 0 Å². The number of benzene rings is 1. The van der Waals surface area contributed by atoms with Crippen LogP contribution in [0, 0.1) is 5.92 Å². The third kappa shape index (κ3) is 5.58. The molecule has 2 N–H and O–H groups in total. The number of rotatable bonds is 8. The van der Waals surface area contributed by atoms with Gasteiger partial charge in [0.2, 0.25) is 5.91 Å². The zero-order valence-electron chi connectivity index (χ0n) is 16.6. The molecule has 1 aliphatic rings. The topological polar surface area (TPSA) is 79.4 Å². The van der Waals surface area contributed by atoms with Gasteiger partial charge in [0, 0.05) is 37.8 Å². The smallest absolute Gasteiger partial charge is 0.224 e. The van der Waals surface area contributed by atoms with Gasteiger partial charge in [0.1, 0.15) is 23.7 Å². The van der Waals surface area contributed by atoms with Crippen LogP contribution >= 0.6 is 0 Å². The molecule has 1 saturated heterocycles. The lowest BCUT2D eigenvalue weighted by atomic mass is 9.93. The molecule has 0 aliphatic carbocycles. The maximum absolute atomic E-state index is 12.3. The Morgan fingerprint density at radius 1 is 1.29 bits per heavy atom. The molecule has 1 aliphatic heterocycles. The quantitative estimate of drug-likeness (QED) is 0.726. The van der Waals surface area contributed by atoms with E-state index in [2.05, 4.69) is 32.4 Å². The van der Waals surface area contributed by atoms with Crippen LogP contribution in [0.4, 0.5) is 17.3 Å². The average molecular weight is 383 g/mol. The number of nitrogens with zero attached hydrogens (tertiary/aromatic N) is 3. The lowest BCUT2D eigenvalue weighted by Crippen LogP contribution is -2.36. The molecule has 1 aromatic carbocycles. The van der Waals surface area contributed by atoms with Crippen molar-refractivity contribution in [2.24, 2.45) is 5.92 Å². The van der Waals surface area contributed by atoms with Gasteiger partial charge in [-0.15, -0.1) is 0 Å². The number of anilines is 3. The molecule has 7 heteroatoms. The van der Waals surface area contributed by atoms with Gasteiger partial charge in [0.05, 0.1) is 7.11 Å². The molecule has 1 amide bonds. The van der Waals surface area contributed by atoms with E-state index in [0.717, 1.165) is 62.0 Å². The summed E-state index contributed by atoms with van der Waals surface area (Å²) < 4.78 is 5.14. The van der Waals surface area contributed by atoms with Crippen LogP contribution in [0.1, 0.15) is 32.6 Å². The fraction of sp³-hybridized carbons (Fsp3) is 0.476. The summed E-state index contributed by atoms with van der Waals surface area (Å²) in [6.07, 6.45) is 5.28. The van der Waals surface area contributed by atoms with Crippen LogP contribution in [-0.4, -0.2) is 42.6 Å². The molecule has 1 aromatic heterocycles. The number of aromatic nitrogens is 2. The second kappa shape index (κ2) is 9.92. The Labute approximate surface area is 166 Å². The minimum atomic E-state index is 0.0544. The van der Waals surface area contributed by atoms with E-state index in [9.17, 15) is 4.79 Å². The molecule has 3 rings (SSSR count). The number of methoxy groups -OCH3 is 1. The first-order chi connectivity index (χ1) is 13.7. The molecule has 0 saturated carbocycles. The van der Waals surface area contributed by atoms with Gasteiger partial charge in [-0.3, -0.25) is 4.79 Å². The van der Waals surface area contributed by atoms with E-state index >= 15 is 0 Å². The highest BCUT2D eigenvalue weighted by Gasteiger charge is 2.22. The minimum Gasteiger partial charge on any atom is -0.497 e. The van der Waals surface area contributed by atoms with E-state index in [-0.39, 0.29) is 5.91 Å².